The summed E-state index contributed by atoms with van der Waals surface area (Å²) in [6.07, 6.45) is 1.80. The number of rotatable bonds is 5. The van der Waals surface area contributed by atoms with Crippen LogP contribution in [0.4, 0.5) is 0 Å². The summed E-state index contributed by atoms with van der Waals surface area (Å²) in [7, 11) is 0. The molecule has 5 nitrogen and oxygen atoms in total. The molecule has 3 aromatic rings. The molecule has 2 aromatic carbocycles. The molecule has 0 saturated carbocycles. The van der Waals surface area contributed by atoms with E-state index in [2.05, 4.69) is 85.8 Å². The van der Waals surface area contributed by atoms with E-state index in [1.807, 2.05) is 0 Å². The van der Waals surface area contributed by atoms with E-state index in [-0.39, 0.29) is 5.41 Å². The SMILES string of the molecule is CCNC(=NCc1cccc2ccccc12)NCc1ncc(C(C)(C)C)o1. The van der Waals surface area contributed by atoms with Crippen LogP contribution >= 0.6 is 0 Å². The van der Waals surface area contributed by atoms with Gasteiger partial charge in [-0.1, -0.05) is 63.2 Å². The second kappa shape index (κ2) is 8.25. The number of aliphatic imine (C=N–C) groups is 1. The molecule has 0 spiro atoms. The van der Waals surface area contributed by atoms with E-state index in [4.69, 9.17) is 9.41 Å². The normalized spacial score (nSPS) is 12.4. The molecule has 1 aromatic heterocycles. The van der Waals surface area contributed by atoms with Gasteiger partial charge in [-0.2, -0.15) is 0 Å². The molecule has 0 aliphatic heterocycles. The van der Waals surface area contributed by atoms with Crippen LogP contribution in [-0.2, 0) is 18.5 Å². The predicted molar refractivity (Wildman–Crippen MR) is 111 cm³/mol. The molecule has 3 rings (SSSR count). The number of fused-ring (bicyclic) bond motifs is 1. The van der Waals surface area contributed by atoms with Gasteiger partial charge in [0.25, 0.3) is 0 Å². The van der Waals surface area contributed by atoms with Crippen LogP contribution in [-0.4, -0.2) is 17.5 Å². The van der Waals surface area contributed by atoms with Crippen molar-refractivity contribution in [2.75, 3.05) is 6.54 Å². The molecule has 0 fully saturated rings. The standard InChI is InChI=1S/C22H28N4O/c1-5-23-21(26-15-20-24-14-19(27-20)22(2,3)4)25-13-17-11-8-10-16-9-6-7-12-18(16)17/h6-12,14H,5,13,15H2,1-4H3,(H2,23,25,26). The monoisotopic (exact) mass is 364 g/mol. The third-order valence-corrected chi connectivity index (χ3v) is 4.33. The molecule has 0 bridgehead atoms. The van der Waals surface area contributed by atoms with Gasteiger partial charge in [0.05, 0.1) is 19.3 Å². The second-order valence-electron chi connectivity index (χ2n) is 7.56. The van der Waals surface area contributed by atoms with Gasteiger partial charge in [-0.3, -0.25) is 0 Å². The zero-order valence-electron chi connectivity index (χ0n) is 16.5. The molecule has 0 aliphatic carbocycles. The summed E-state index contributed by atoms with van der Waals surface area (Å²) >= 11 is 0. The summed E-state index contributed by atoms with van der Waals surface area (Å²) in [4.78, 5) is 9.09. The minimum absolute atomic E-state index is 0.0434. The lowest BCUT2D eigenvalue weighted by molar-refractivity contribution is 0.379. The summed E-state index contributed by atoms with van der Waals surface area (Å²) < 4.78 is 5.84. The van der Waals surface area contributed by atoms with E-state index in [1.54, 1.807) is 6.20 Å². The van der Waals surface area contributed by atoms with Crippen LogP contribution in [0.15, 0.2) is 58.1 Å². The summed E-state index contributed by atoms with van der Waals surface area (Å²) in [6, 6.07) is 14.7. The fraction of sp³-hybridized carbons (Fsp3) is 0.364. The maximum atomic E-state index is 5.84. The van der Waals surface area contributed by atoms with E-state index in [0.717, 1.165) is 18.3 Å². The van der Waals surface area contributed by atoms with Crippen LogP contribution in [0.1, 0.15) is 44.9 Å². The van der Waals surface area contributed by atoms with E-state index < -0.39 is 0 Å². The Bertz CT molecular complexity index is 916. The lowest BCUT2D eigenvalue weighted by Gasteiger charge is -2.13. The third kappa shape index (κ3) is 4.88. The van der Waals surface area contributed by atoms with Crippen LogP contribution in [0.5, 0.6) is 0 Å². The Balaban J connectivity index is 1.70. The van der Waals surface area contributed by atoms with Gasteiger partial charge < -0.3 is 15.1 Å². The van der Waals surface area contributed by atoms with Gasteiger partial charge in [0.2, 0.25) is 5.89 Å². The van der Waals surface area contributed by atoms with E-state index >= 15 is 0 Å². The molecule has 1 heterocycles. The van der Waals surface area contributed by atoms with Crippen molar-refractivity contribution in [3.05, 3.63) is 65.9 Å². The van der Waals surface area contributed by atoms with Crippen molar-refractivity contribution in [2.24, 2.45) is 4.99 Å². The van der Waals surface area contributed by atoms with Gasteiger partial charge >= 0.3 is 0 Å². The number of benzene rings is 2. The highest BCUT2D eigenvalue weighted by molar-refractivity contribution is 5.86. The quantitative estimate of drug-likeness (QED) is 0.521. The van der Waals surface area contributed by atoms with Crippen LogP contribution in [0, 0.1) is 0 Å². The van der Waals surface area contributed by atoms with E-state index in [0.29, 0.717) is 19.0 Å². The zero-order chi connectivity index (χ0) is 19.3. The molecule has 0 aliphatic rings. The van der Waals surface area contributed by atoms with Crippen molar-refractivity contribution < 1.29 is 4.42 Å². The van der Waals surface area contributed by atoms with Gasteiger partial charge in [0.15, 0.2) is 5.96 Å². The van der Waals surface area contributed by atoms with Crippen molar-refractivity contribution >= 4 is 16.7 Å². The number of guanidine groups is 1. The van der Waals surface area contributed by atoms with Gasteiger partial charge in [0, 0.05) is 12.0 Å². The van der Waals surface area contributed by atoms with E-state index in [1.165, 1.54) is 16.3 Å². The molecular weight excluding hydrogens is 336 g/mol. The van der Waals surface area contributed by atoms with Crippen molar-refractivity contribution in [3.63, 3.8) is 0 Å². The van der Waals surface area contributed by atoms with Gasteiger partial charge in [0.1, 0.15) is 5.76 Å². The summed E-state index contributed by atoms with van der Waals surface area (Å²) in [5, 5.41) is 9.05. The molecule has 5 heteroatoms. The average Bonchev–Trinajstić information content (AvgIpc) is 3.13. The molecule has 0 unspecified atom stereocenters. The first-order valence-electron chi connectivity index (χ1n) is 9.41. The van der Waals surface area contributed by atoms with Crippen molar-refractivity contribution in [2.45, 2.75) is 46.2 Å². The Morgan fingerprint density at radius 3 is 2.59 bits per heavy atom. The Morgan fingerprint density at radius 2 is 1.85 bits per heavy atom. The lowest BCUT2D eigenvalue weighted by Crippen LogP contribution is -2.36. The fourth-order valence-electron chi connectivity index (χ4n) is 2.83. The highest BCUT2D eigenvalue weighted by Gasteiger charge is 2.19. The first kappa shape index (κ1) is 19.0. The maximum Gasteiger partial charge on any atom is 0.213 e. The minimum atomic E-state index is -0.0434. The van der Waals surface area contributed by atoms with Crippen LogP contribution < -0.4 is 10.6 Å². The number of nitrogens with one attached hydrogen (secondary N) is 2. The van der Waals surface area contributed by atoms with E-state index in [9.17, 15) is 0 Å². The number of aromatic nitrogens is 1. The topological polar surface area (TPSA) is 62.5 Å². The van der Waals surface area contributed by atoms with Crippen molar-refractivity contribution in [3.8, 4) is 0 Å². The molecule has 2 N–H and O–H groups in total. The summed E-state index contributed by atoms with van der Waals surface area (Å²) in [5.41, 5.74) is 1.16. The molecule has 0 atom stereocenters. The van der Waals surface area contributed by atoms with Crippen LogP contribution in [0.3, 0.4) is 0 Å². The molecule has 0 radical (unpaired) electrons. The predicted octanol–water partition coefficient (Wildman–Crippen LogP) is 4.38. The van der Waals surface area contributed by atoms with Crippen LogP contribution in [0.2, 0.25) is 0 Å². The molecule has 0 saturated heterocycles. The molecule has 27 heavy (non-hydrogen) atoms. The first-order chi connectivity index (χ1) is 13.0. The van der Waals surface area contributed by atoms with Gasteiger partial charge in [-0.25, -0.2) is 9.98 Å². The Labute approximate surface area is 160 Å². The van der Waals surface area contributed by atoms with Crippen LogP contribution in [0.25, 0.3) is 10.8 Å². The number of hydrogen-bond acceptors (Lipinski definition) is 3. The van der Waals surface area contributed by atoms with Gasteiger partial charge in [-0.15, -0.1) is 0 Å². The lowest BCUT2D eigenvalue weighted by atomic mass is 9.94. The summed E-state index contributed by atoms with van der Waals surface area (Å²) in [5.74, 6) is 2.30. The summed E-state index contributed by atoms with van der Waals surface area (Å²) in [6.45, 7) is 10.3. The fourth-order valence-corrected chi connectivity index (χ4v) is 2.83. The second-order valence-corrected chi connectivity index (χ2v) is 7.56. The number of nitrogens with zero attached hydrogens (tertiary/aromatic N) is 2. The average molecular weight is 364 g/mol. The maximum absolute atomic E-state index is 5.84. The number of oxazole rings is 1. The molecular formula is C22H28N4O. The first-order valence-corrected chi connectivity index (χ1v) is 9.41. The number of hydrogen-bond donors (Lipinski definition) is 2. The van der Waals surface area contributed by atoms with Crippen molar-refractivity contribution in [1.82, 2.24) is 15.6 Å². The Hall–Kier alpha value is -2.82. The molecule has 142 valence electrons. The highest BCUT2D eigenvalue weighted by Crippen LogP contribution is 2.22. The van der Waals surface area contributed by atoms with Crippen molar-refractivity contribution in [1.29, 1.82) is 0 Å². The zero-order valence-corrected chi connectivity index (χ0v) is 16.5. The smallest absolute Gasteiger partial charge is 0.213 e. The van der Waals surface area contributed by atoms with Gasteiger partial charge in [-0.05, 0) is 23.3 Å². The highest BCUT2D eigenvalue weighted by atomic mass is 16.4. The molecule has 0 amide bonds. The Kier molecular flexibility index (Phi) is 5.79. The largest absolute Gasteiger partial charge is 0.443 e. The Morgan fingerprint density at radius 1 is 1.07 bits per heavy atom. The third-order valence-electron chi connectivity index (χ3n) is 4.33. The minimum Gasteiger partial charge on any atom is -0.443 e.